The smallest absolute Gasteiger partial charge is 0.253 e. The fraction of sp³-hybridized carbons (Fsp3) is 0.611. The Morgan fingerprint density at radius 1 is 1.29 bits per heavy atom. The van der Waals surface area contributed by atoms with Crippen LogP contribution < -0.4 is 5.73 Å². The first kappa shape index (κ1) is 23.2. The van der Waals surface area contributed by atoms with Crippen molar-refractivity contribution in [1.82, 2.24) is 9.80 Å². The summed E-state index contributed by atoms with van der Waals surface area (Å²) < 4.78 is 0. The first-order valence-corrected chi connectivity index (χ1v) is 8.37. The van der Waals surface area contributed by atoms with Gasteiger partial charge in [0.2, 0.25) is 0 Å². The molecule has 0 aliphatic carbocycles. The lowest BCUT2D eigenvalue weighted by Gasteiger charge is -2.24. The predicted octanol–water partition coefficient (Wildman–Crippen LogP) is 3.18. The SMILES string of the molecule is CCN(Cc1ccc(C(=O)N2CCC(CN)C2)cc1)C(C)C.Cl.Cl. The molecule has 0 saturated carbocycles. The zero-order valence-corrected chi connectivity index (χ0v) is 16.5. The minimum atomic E-state index is 0. The van der Waals surface area contributed by atoms with Crippen LogP contribution in [0.3, 0.4) is 0 Å². The van der Waals surface area contributed by atoms with Gasteiger partial charge in [-0.25, -0.2) is 0 Å². The Bertz CT molecular complexity index is 494. The van der Waals surface area contributed by atoms with Gasteiger partial charge in [-0.05, 0) is 57.0 Å². The van der Waals surface area contributed by atoms with Gasteiger partial charge in [-0.3, -0.25) is 9.69 Å². The third-order valence-electron chi connectivity index (χ3n) is 4.63. The lowest BCUT2D eigenvalue weighted by molar-refractivity contribution is 0.0787. The molecule has 0 radical (unpaired) electrons. The maximum Gasteiger partial charge on any atom is 0.253 e. The molecule has 24 heavy (non-hydrogen) atoms. The summed E-state index contributed by atoms with van der Waals surface area (Å²) in [5.74, 6) is 0.603. The lowest BCUT2D eigenvalue weighted by atomic mass is 10.1. The van der Waals surface area contributed by atoms with E-state index < -0.39 is 0 Å². The lowest BCUT2D eigenvalue weighted by Crippen LogP contribution is -2.30. The summed E-state index contributed by atoms with van der Waals surface area (Å²) in [4.78, 5) is 16.8. The molecule has 1 aromatic carbocycles. The molecule has 6 heteroatoms. The van der Waals surface area contributed by atoms with Crippen molar-refractivity contribution in [3.63, 3.8) is 0 Å². The van der Waals surface area contributed by atoms with Gasteiger partial charge < -0.3 is 10.6 Å². The average molecular weight is 376 g/mol. The molecule has 1 amide bonds. The van der Waals surface area contributed by atoms with E-state index in [4.69, 9.17) is 5.73 Å². The highest BCUT2D eigenvalue weighted by molar-refractivity contribution is 5.94. The molecule has 1 saturated heterocycles. The van der Waals surface area contributed by atoms with Crippen LogP contribution in [0, 0.1) is 5.92 Å². The number of rotatable bonds is 6. The van der Waals surface area contributed by atoms with Crippen LogP contribution in [0.4, 0.5) is 0 Å². The zero-order valence-electron chi connectivity index (χ0n) is 14.9. The van der Waals surface area contributed by atoms with E-state index in [0.717, 1.165) is 38.2 Å². The number of hydrogen-bond acceptors (Lipinski definition) is 3. The van der Waals surface area contributed by atoms with Crippen LogP contribution >= 0.6 is 24.8 Å². The van der Waals surface area contributed by atoms with Crippen LogP contribution in [0.5, 0.6) is 0 Å². The van der Waals surface area contributed by atoms with Gasteiger partial charge in [0.15, 0.2) is 0 Å². The molecule has 138 valence electrons. The van der Waals surface area contributed by atoms with Crippen molar-refractivity contribution in [2.24, 2.45) is 11.7 Å². The van der Waals surface area contributed by atoms with Crippen molar-refractivity contribution in [2.75, 3.05) is 26.2 Å². The van der Waals surface area contributed by atoms with Crippen molar-refractivity contribution >= 4 is 30.7 Å². The van der Waals surface area contributed by atoms with Gasteiger partial charge in [-0.15, -0.1) is 24.8 Å². The summed E-state index contributed by atoms with van der Waals surface area (Å²) in [7, 11) is 0. The van der Waals surface area contributed by atoms with Crippen LogP contribution in [0.2, 0.25) is 0 Å². The van der Waals surface area contributed by atoms with Gasteiger partial charge in [0, 0.05) is 31.2 Å². The molecule has 1 aromatic rings. The summed E-state index contributed by atoms with van der Waals surface area (Å²) in [5, 5.41) is 0. The average Bonchev–Trinajstić information content (AvgIpc) is 3.01. The number of halogens is 2. The van der Waals surface area contributed by atoms with Crippen LogP contribution in [0.1, 0.15) is 43.1 Å². The van der Waals surface area contributed by atoms with Crippen molar-refractivity contribution in [3.8, 4) is 0 Å². The van der Waals surface area contributed by atoms with E-state index >= 15 is 0 Å². The van der Waals surface area contributed by atoms with Crippen molar-refractivity contribution in [1.29, 1.82) is 0 Å². The standard InChI is InChI=1S/C18H29N3O.2ClH/c1-4-20(14(2)3)12-15-5-7-17(8-6-15)18(22)21-10-9-16(11-19)13-21;;/h5-8,14,16H,4,9-13,19H2,1-3H3;2*1H. The van der Waals surface area contributed by atoms with Crippen molar-refractivity contribution in [2.45, 2.75) is 39.8 Å². The molecule has 0 bridgehead atoms. The van der Waals surface area contributed by atoms with E-state index in [1.54, 1.807) is 0 Å². The van der Waals surface area contributed by atoms with Gasteiger partial charge in [-0.1, -0.05) is 19.1 Å². The molecular formula is C18H31Cl2N3O. The highest BCUT2D eigenvalue weighted by Crippen LogP contribution is 2.18. The Morgan fingerprint density at radius 2 is 1.92 bits per heavy atom. The minimum absolute atomic E-state index is 0. The Morgan fingerprint density at radius 3 is 2.38 bits per heavy atom. The number of nitrogens with two attached hydrogens (primary N) is 1. The summed E-state index contributed by atoms with van der Waals surface area (Å²) >= 11 is 0. The van der Waals surface area contributed by atoms with Gasteiger partial charge in [0.1, 0.15) is 0 Å². The quantitative estimate of drug-likeness (QED) is 0.830. The fourth-order valence-electron chi connectivity index (χ4n) is 3.04. The molecule has 1 unspecified atom stereocenters. The number of carbonyl (C=O) groups is 1. The van der Waals surface area contributed by atoms with E-state index in [0.29, 0.717) is 18.5 Å². The first-order chi connectivity index (χ1) is 10.5. The predicted molar refractivity (Wildman–Crippen MR) is 105 cm³/mol. The highest BCUT2D eigenvalue weighted by Gasteiger charge is 2.25. The Balaban J connectivity index is 0.00000264. The third-order valence-corrected chi connectivity index (χ3v) is 4.63. The van der Waals surface area contributed by atoms with Gasteiger partial charge in [0.05, 0.1) is 0 Å². The second-order valence-corrected chi connectivity index (χ2v) is 6.50. The summed E-state index contributed by atoms with van der Waals surface area (Å²) in [6, 6.07) is 8.61. The van der Waals surface area contributed by atoms with Crippen LogP contribution in [0.15, 0.2) is 24.3 Å². The molecule has 1 atom stereocenters. The molecule has 1 heterocycles. The fourth-order valence-corrected chi connectivity index (χ4v) is 3.04. The number of likely N-dealkylation sites (tertiary alicyclic amines) is 1. The second kappa shape index (κ2) is 10.9. The van der Waals surface area contributed by atoms with E-state index in [1.807, 2.05) is 17.0 Å². The van der Waals surface area contributed by atoms with Gasteiger partial charge in [-0.2, -0.15) is 0 Å². The van der Waals surface area contributed by atoms with E-state index in [1.165, 1.54) is 5.56 Å². The Kier molecular flexibility index (Phi) is 10.6. The molecule has 0 spiro atoms. The zero-order chi connectivity index (χ0) is 16.1. The first-order valence-electron chi connectivity index (χ1n) is 8.37. The van der Waals surface area contributed by atoms with Crippen LogP contribution in [-0.4, -0.2) is 47.9 Å². The maximum absolute atomic E-state index is 12.5. The van der Waals surface area contributed by atoms with E-state index in [-0.39, 0.29) is 30.7 Å². The molecule has 1 fully saturated rings. The summed E-state index contributed by atoms with van der Waals surface area (Å²) in [6.45, 7) is 10.9. The number of benzene rings is 1. The molecule has 1 aliphatic heterocycles. The van der Waals surface area contributed by atoms with Crippen molar-refractivity contribution < 1.29 is 4.79 Å². The highest BCUT2D eigenvalue weighted by atomic mass is 35.5. The molecular weight excluding hydrogens is 345 g/mol. The molecule has 2 N–H and O–H groups in total. The Labute approximate surface area is 158 Å². The van der Waals surface area contributed by atoms with E-state index in [9.17, 15) is 4.79 Å². The number of nitrogens with zero attached hydrogens (tertiary/aromatic N) is 2. The van der Waals surface area contributed by atoms with Crippen LogP contribution in [0.25, 0.3) is 0 Å². The molecule has 2 rings (SSSR count). The number of hydrogen-bond donors (Lipinski definition) is 1. The Hall–Kier alpha value is -0.810. The number of amides is 1. The monoisotopic (exact) mass is 375 g/mol. The molecule has 1 aliphatic rings. The van der Waals surface area contributed by atoms with Crippen LogP contribution in [-0.2, 0) is 6.54 Å². The van der Waals surface area contributed by atoms with Gasteiger partial charge >= 0.3 is 0 Å². The topological polar surface area (TPSA) is 49.6 Å². The second-order valence-electron chi connectivity index (χ2n) is 6.50. The third kappa shape index (κ3) is 5.92. The van der Waals surface area contributed by atoms with E-state index in [2.05, 4.69) is 37.8 Å². The van der Waals surface area contributed by atoms with Crippen molar-refractivity contribution in [3.05, 3.63) is 35.4 Å². The molecule has 4 nitrogen and oxygen atoms in total. The largest absolute Gasteiger partial charge is 0.338 e. The normalized spacial score (nSPS) is 16.9. The number of carbonyl (C=O) groups excluding carboxylic acids is 1. The maximum atomic E-state index is 12.5. The summed E-state index contributed by atoms with van der Waals surface area (Å²) in [5.41, 5.74) is 7.74. The van der Waals surface area contributed by atoms with Gasteiger partial charge in [0.25, 0.3) is 5.91 Å². The summed E-state index contributed by atoms with van der Waals surface area (Å²) in [6.07, 6.45) is 1.03. The minimum Gasteiger partial charge on any atom is -0.338 e. The molecule has 0 aromatic heterocycles.